The molecule has 0 aliphatic rings. The Morgan fingerprint density at radius 3 is 2.34 bits per heavy atom. The number of carbonyl (C=O) groups is 3. The number of alkyl carbamates (subject to hydrolysis) is 1. The second-order valence-corrected chi connectivity index (χ2v) is 9.36. The van der Waals surface area contributed by atoms with Crippen LogP contribution < -0.4 is 21.1 Å². The molecule has 0 spiro atoms. The lowest BCUT2D eigenvalue weighted by Gasteiger charge is -2.23. The highest BCUT2D eigenvalue weighted by Crippen LogP contribution is 2.09. The van der Waals surface area contributed by atoms with Gasteiger partial charge in [-0.2, -0.15) is 0 Å². The molecule has 0 saturated heterocycles. The van der Waals surface area contributed by atoms with Gasteiger partial charge in [0, 0.05) is 17.9 Å². The first kappa shape index (κ1) is 27.1. The Balaban J connectivity index is 2.84. The quantitative estimate of drug-likeness (QED) is 0.340. The molecule has 10 nitrogen and oxygen atoms in total. The molecule has 0 bridgehead atoms. The molecule has 2 atom stereocenters. The number of nitrogens with one attached hydrogen (secondary N) is 3. The van der Waals surface area contributed by atoms with Gasteiger partial charge < -0.3 is 21.1 Å². The van der Waals surface area contributed by atoms with Crippen LogP contribution in [0.5, 0.6) is 0 Å². The molecule has 0 radical (unpaired) electrons. The lowest BCUT2D eigenvalue weighted by Crippen LogP contribution is -2.50. The lowest BCUT2D eigenvalue weighted by molar-refractivity contribution is -0.124. The van der Waals surface area contributed by atoms with Gasteiger partial charge in [0.05, 0.1) is 0 Å². The number of ether oxygens (including phenoxy) is 1. The smallest absolute Gasteiger partial charge is 0.408 e. The van der Waals surface area contributed by atoms with Crippen LogP contribution in [0.25, 0.3) is 0 Å². The summed E-state index contributed by atoms with van der Waals surface area (Å²) >= 11 is 0. The van der Waals surface area contributed by atoms with E-state index in [4.69, 9.17) is 10.5 Å². The lowest BCUT2D eigenvalue weighted by atomic mass is 10.0. The van der Waals surface area contributed by atoms with Crippen molar-refractivity contribution in [2.24, 2.45) is 11.7 Å². The normalized spacial score (nSPS) is 13.5. The third kappa shape index (κ3) is 11.5. The molecule has 3 amide bonds. The van der Waals surface area contributed by atoms with E-state index >= 15 is 0 Å². The van der Waals surface area contributed by atoms with Gasteiger partial charge in [-0.05, 0) is 37.4 Å². The Kier molecular flexibility index (Phi) is 11.4. The summed E-state index contributed by atoms with van der Waals surface area (Å²) in [6.07, 6.45) is 0.872. The fourth-order valence-corrected chi connectivity index (χ4v) is 3.21. The van der Waals surface area contributed by atoms with Crippen LogP contribution in [0.15, 0.2) is 41.8 Å². The third-order valence-corrected chi connectivity index (χ3v) is 5.42. The van der Waals surface area contributed by atoms with Crippen LogP contribution in [0.2, 0.25) is 0 Å². The maximum Gasteiger partial charge on any atom is 0.408 e. The highest BCUT2D eigenvalue weighted by atomic mass is 32.2. The molecule has 11 heteroatoms. The highest BCUT2D eigenvalue weighted by molar-refractivity contribution is 7.92. The van der Waals surface area contributed by atoms with E-state index in [1.165, 1.54) is 13.1 Å². The molecule has 0 aliphatic heterocycles. The fourth-order valence-electron chi connectivity index (χ4n) is 2.67. The van der Waals surface area contributed by atoms with Crippen molar-refractivity contribution in [3.63, 3.8) is 0 Å². The van der Waals surface area contributed by atoms with E-state index in [-0.39, 0.29) is 25.4 Å². The van der Waals surface area contributed by atoms with E-state index in [0.29, 0.717) is 6.42 Å². The predicted octanol–water partition coefficient (Wildman–Crippen LogP) is 1.14. The van der Waals surface area contributed by atoms with E-state index in [9.17, 15) is 22.8 Å². The summed E-state index contributed by atoms with van der Waals surface area (Å²) in [7, 11) is -2.42. The van der Waals surface area contributed by atoms with Gasteiger partial charge in [0.1, 0.15) is 12.6 Å². The van der Waals surface area contributed by atoms with Crippen LogP contribution in [0.1, 0.15) is 38.7 Å². The molecule has 0 aliphatic carbocycles. The molecule has 1 aromatic rings. The zero-order chi connectivity index (χ0) is 24.1. The van der Waals surface area contributed by atoms with Crippen molar-refractivity contribution < 1.29 is 27.5 Å². The molecule has 178 valence electrons. The van der Waals surface area contributed by atoms with Crippen molar-refractivity contribution in [3.8, 4) is 0 Å². The first-order chi connectivity index (χ1) is 15.0. The summed E-state index contributed by atoms with van der Waals surface area (Å²) < 4.78 is 30.6. The number of sulfonamides is 1. The van der Waals surface area contributed by atoms with Gasteiger partial charge in [0.15, 0.2) is 0 Å². The Labute approximate surface area is 189 Å². The number of rotatable bonds is 13. The Bertz CT molecular complexity index is 887. The molecule has 0 unspecified atom stereocenters. The summed E-state index contributed by atoms with van der Waals surface area (Å²) in [6, 6.07) is 7.40. The Morgan fingerprint density at radius 1 is 1.12 bits per heavy atom. The van der Waals surface area contributed by atoms with Crippen molar-refractivity contribution in [2.45, 2.75) is 51.8 Å². The maximum atomic E-state index is 12.8. The fraction of sp³-hybridized carbons (Fsp3) is 0.476. The first-order valence-electron chi connectivity index (χ1n) is 10.2. The van der Waals surface area contributed by atoms with Gasteiger partial charge in [-0.15, -0.1) is 0 Å². The standard InChI is InChI=1S/C21H32N4O6S/c1-15(2)13-18(25-21(28)31-14-16-7-5-4-6-8-16)20(27)24-17(9-10-19(22)26)11-12-32(29,30)23-3/h4-8,11-12,15,17-18,23H,9-10,13-14H2,1-3H3,(H2,22,26)(H,24,27)(H,25,28)/b12-11+/t17-,18-/m0/s1. The average molecular weight is 469 g/mol. The molecular formula is C21H32N4O6S. The van der Waals surface area contributed by atoms with Gasteiger partial charge in [0.25, 0.3) is 0 Å². The van der Waals surface area contributed by atoms with Gasteiger partial charge >= 0.3 is 6.09 Å². The average Bonchev–Trinajstić information content (AvgIpc) is 2.74. The number of hydrogen-bond acceptors (Lipinski definition) is 6. The van der Waals surface area contributed by atoms with Crippen LogP contribution in [-0.2, 0) is 31.0 Å². The molecule has 32 heavy (non-hydrogen) atoms. The molecule has 0 aromatic heterocycles. The minimum Gasteiger partial charge on any atom is -0.445 e. The topological polar surface area (TPSA) is 157 Å². The predicted molar refractivity (Wildman–Crippen MR) is 120 cm³/mol. The summed E-state index contributed by atoms with van der Waals surface area (Å²) in [5.41, 5.74) is 5.97. The largest absolute Gasteiger partial charge is 0.445 e. The van der Waals surface area contributed by atoms with Crippen molar-refractivity contribution in [1.29, 1.82) is 0 Å². The molecule has 0 fully saturated rings. The number of carbonyl (C=O) groups excluding carboxylic acids is 3. The third-order valence-electron chi connectivity index (χ3n) is 4.33. The zero-order valence-electron chi connectivity index (χ0n) is 18.5. The molecular weight excluding hydrogens is 436 g/mol. The van der Waals surface area contributed by atoms with Crippen LogP contribution >= 0.6 is 0 Å². The van der Waals surface area contributed by atoms with E-state index in [1.807, 2.05) is 32.0 Å². The monoisotopic (exact) mass is 468 g/mol. The second-order valence-electron chi connectivity index (χ2n) is 7.59. The van der Waals surface area contributed by atoms with Crippen molar-refractivity contribution in [2.75, 3.05) is 7.05 Å². The summed E-state index contributed by atoms with van der Waals surface area (Å²) in [5.74, 6) is -1.05. The number of nitrogens with two attached hydrogens (primary N) is 1. The SMILES string of the molecule is CNS(=O)(=O)/C=C/[C@H](CCC(N)=O)NC(=O)[C@H](CC(C)C)NC(=O)OCc1ccccc1. The maximum absolute atomic E-state index is 12.8. The highest BCUT2D eigenvalue weighted by Gasteiger charge is 2.24. The van der Waals surface area contributed by atoms with E-state index < -0.39 is 40.0 Å². The van der Waals surface area contributed by atoms with E-state index in [2.05, 4.69) is 15.4 Å². The number of benzene rings is 1. The molecule has 0 saturated carbocycles. The number of amides is 3. The minimum atomic E-state index is -3.67. The van der Waals surface area contributed by atoms with Crippen molar-refractivity contribution in [1.82, 2.24) is 15.4 Å². The Morgan fingerprint density at radius 2 is 1.78 bits per heavy atom. The van der Waals surface area contributed by atoms with E-state index in [0.717, 1.165) is 11.0 Å². The number of hydrogen-bond donors (Lipinski definition) is 4. The van der Waals surface area contributed by atoms with E-state index in [1.54, 1.807) is 12.1 Å². The second kappa shape index (κ2) is 13.5. The van der Waals surface area contributed by atoms with Gasteiger partial charge in [-0.1, -0.05) is 44.2 Å². The zero-order valence-corrected chi connectivity index (χ0v) is 19.4. The first-order valence-corrected chi connectivity index (χ1v) is 11.7. The minimum absolute atomic E-state index is 0.0501. The van der Waals surface area contributed by atoms with Crippen LogP contribution in [0.4, 0.5) is 4.79 Å². The summed E-state index contributed by atoms with van der Waals surface area (Å²) in [6.45, 7) is 3.83. The molecule has 1 rings (SSSR count). The number of primary amides is 1. The summed E-state index contributed by atoms with van der Waals surface area (Å²) in [4.78, 5) is 36.2. The van der Waals surface area contributed by atoms with Crippen LogP contribution in [0.3, 0.4) is 0 Å². The van der Waals surface area contributed by atoms with Crippen LogP contribution in [0, 0.1) is 5.92 Å². The van der Waals surface area contributed by atoms with Crippen molar-refractivity contribution in [3.05, 3.63) is 47.4 Å². The summed E-state index contributed by atoms with van der Waals surface area (Å²) in [5, 5.41) is 6.11. The van der Waals surface area contributed by atoms with Gasteiger partial charge in [0.2, 0.25) is 21.8 Å². The Hall–Kier alpha value is -2.92. The van der Waals surface area contributed by atoms with Gasteiger partial charge in [-0.25, -0.2) is 17.9 Å². The molecule has 5 N–H and O–H groups in total. The molecule has 1 aromatic carbocycles. The van der Waals surface area contributed by atoms with Crippen LogP contribution in [-0.4, -0.2) is 45.5 Å². The van der Waals surface area contributed by atoms with Crippen molar-refractivity contribution >= 4 is 27.9 Å². The molecule has 0 heterocycles. The van der Waals surface area contributed by atoms with Gasteiger partial charge in [-0.3, -0.25) is 9.59 Å².